The monoisotopic (exact) mass is 290 g/mol. The van der Waals surface area contributed by atoms with Gasteiger partial charge in [-0.15, -0.1) is 0 Å². The Hall–Kier alpha value is -2.15. The van der Waals surface area contributed by atoms with Crippen molar-refractivity contribution >= 4 is 22.1 Å². The number of benzene rings is 2. The highest BCUT2D eigenvalue weighted by molar-refractivity contribution is 6.12. The van der Waals surface area contributed by atoms with Gasteiger partial charge in [-0.2, -0.15) is 0 Å². The molecule has 112 valence electrons. The van der Waals surface area contributed by atoms with Crippen molar-refractivity contribution < 1.29 is 4.79 Å². The Bertz CT molecular complexity index is 821. The Balaban J connectivity index is 2.32. The van der Waals surface area contributed by atoms with E-state index in [-0.39, 0.29) is 5.78 Å². The summed E-state index contributed by atoms with van der Waals surface area (Å²) in [4.78, 5) is 12.7. The van der Waals surface area contributed by atoms with Crippen LogP contribution in [0.4, 0.5) is 0 Å². The van der Waals surface area contributed by atoms with Crippen LogP contribution in [-0.2, 0) is 0 Å². The predicted molar refractivity (Wildman–Crippen MR) is 94.1 cm³/mol. The van der Waals surface area contributed by atoms with Gasteiger partial charge in [0.15, 0.2) is 5.78 Å². The Kier molecular flexibility index (Phi) is 3.74. The average Bonchev–Trinajstić information content (AvgIpc) is 2.78. The zero-order valence-electron chi connectivity index (χ0n) is 13.7. The highest BCUT2D eigenvalue weighted by Gasteiger charge is 2.25. The van der Waals surface area contributed by atoms with Crippen LogP contribution in [0.1, 0.15) is 50.0 Å². The molecule has 0 saturated carbocycles. The van der Waals surface area contributed by atoms with Gasteiger partial charge in [0.05, 0.1) is 0 Å². The normalized spacial score (nSPS) is 18.0. The molecule has 1 atom stereocenters. The van der Waals surface area contributed by atoms with Gasteiger partial charge in [-0.05, 0) is 41.3 Å². The molecule has 0 radical (unpaired) electrons. The van der Waals surface area contributed by atoms with Crippen molar-refractivity contribution in [1.82, 2.24) is 0 Å². The van der Waals surface area contributed by atoms with Crippen LogP contribution in [-0.4, -0.2) is 5.78 Å². The van der Waals surface area contributed by atoms with Crippen LogP contribution in [0.2, 0.25) is 0 Å². The molecular weight excluding hydrogens is 268 g/mol. The molecule has 0 aromatic heterocycles. The van der Waals surface area contributed by atoms with E-state index in [1.807, 2.05) is 19.1 Å². The van der Waals surface area contributed by atoms with Crippen molar-refractivity contribution in [3.05, 3.63) is 64.7 Å². The lowest BCUT2D eigenvalue weighted by Crippen LogP contribution is -2.07. The highest BCUT2D eigenvalue weighted by atomic mass is 16.1. The first-order chi connectivity index (χ1) is 10.5. The Labute approximate surface area is 132 Å². The lowest BCUT2D eigenvalue weighted by molar-refractivity contribution is 0.0989. The molecule has 1 aliphatic carbocycles. The highest BCUT2D eigenvalue weighted by Crippen LogP contribution is 2.41. The van der Waals surface area contributed by atoms with E-state index < -0.39 is 0 Å². The lowest BCUT2D eigenvalue weighted by Gasteiger charge is -2.18. The fraction of sp³-hybridized carbons (Fsp3) is 0.286. The molecule has 3 rings (SSSR count). The van der Waals surface area contributed by atoms with E-state index in [1.54, 1.807) is 0 Å². The third kappa shape index (κ3) is 2.21. The maximum Gasteiger partial charge on any atom is 0.163 e. The number of hydrogen-bond donors (Lipinski definition) is 0. The van der Waals surface area contributed by atoms with E-state index in [0.717, 1.165) is 21.9 Å². The summed E-state index contributed by atoms with van der Waals surface area (Å²) in [5, 5.41) is 2.21. The van der Waals surface area contributed by atoms with Crippen LogP contribution in [0.15, 0.2) is 53.6 Å². The van der Waals surface area contributed by atoms with Gasteiger partial charge in [0, 0.05) is 17.9 Å². The number of ketones is 1. The average molecular weight is 290 g/mol. The van der Waals surface area contributed by atoms with E-state index in [0.29, 0.717) is 12.3 Å². The van der Waals surface area contributed by atoms with Gasteiger partial charge >= 0.3 is 0 Å². The van der Waals surface area contributed by atoms with Gasteiger partial charge in [0.1, 0.15) is 0 Å². The molecule has 0 fully saturated rings. The molecule has 0 heterocycles. The SMILES string of the molecule is CCC(=O)c1c(C2=C(C)C=C(C)C2C)ccc2ccccc12. The minimum atomic E-state index is 0.226. The fourth-order valence-corrected chi connectivity index (χ4v) is 3.53. The van der Waals surface area contributed by atoms with Crippen LogP contribution in [0.25, 0.3) is 16.3 Å². The first-order valence-electron chi connectivity index (χ1n) is 7.98. The maximum atomic E-state index is 12.7. The van der Waals surface area contributed by atoms with Crippen molar-refractivity contribution in [3.63, 3.8) is 0 Å². The smallest absolute Gasteiger partial charge is 0.163 e. The van der Waals surface area contributed by atoms with Gasteiger partial charge in [-0.3, -0.25) is 4.79 Å². The molecule has 1 aliphatic rings. The predicted octanol–water partition coefficient (Wildman–Crippen LogP) is 5.80. The first-order valence-corrected chi connectivity index (χ1v) is 7.98. The van der Waals surface area contributed by atoms with Crippen molar-refractivity contribution in [1.29, 1.82) is 0 Å². The van der Waals surface area contributed by atoms with Crippen LogP contribution in [0.3, 0.4) is 0 Å². The minimum absolute atomic E-state index is 0.226. The third-order valence-electron chi connectivity index (χ3n) is 4.80. The number of carbonyl (C=O) groups excluding carboxylic acids is 1. The summed E-state index contributed by atoms with van der Waals surface area (Å²) >= 11 is 0. The summed E-state index contributed by atoms with van der Waals surface area (Å²) in [6.07, 6.45) is 2.78. The van der Waals surface area contributed by atoms with Gasteiger partial charge in [0.2, 0.25) is 0 Å². The largest absolute Gasteiger partial charge is 0.294 e. The van der Waals surface area contributed by atoms with Crippen LogP contribution in [0, 0.1) is 5.92 Å². The summed E-state index contributed by atoms with van der Waals surface area (Å²) in [5.41, 5.74) is 5.97. The molecule has 0 spiro atoms. The van der Waals surface area contributed by atoms with E-state index in [4.69, 9.17) is 0 Å². The zero-order valence-corrected chi connectivity index (χ0v) is 13.7. The Morgan fingerprint density at radius 3 is 2.45 bits per heavy atom. The van der Waals surface area contributed by atoms with Crippen LogP contribution in [0.5, 0.6) is 0 Å². The van der Waals surface area contributed by atoms with Crippen LogP contribution >= 0.6 is 0 Å². The molecule has 1 heteroatoms. The second-order valence-corrected chi connectivity index (χ2v) is 6.19. The topological polar surface area (TPSA) is 17.1 Å². The number of allylic oxidation sites excluding steroid dienone is 4. The summed E-state index contributed by atoms with van der Waals surface area (Å²) in [6.45, 7) is 8.49. The summed E-state index contributed by atoms with van der Waals surface area (Å²) in [6, 6.07) is 12.5. The van der Waals surface area contributed by atoms with Gasteiger partial charge < -0.3 is 0 Å². The van der Waals surface area contributed by atoms with Crippen molar-refractivity contribution in [2.45, 2.75) is 34.1 Å². The lowest BCUT2D eigenvalue weighted by atomic mass is 9.85. The minimum Gasteiger partial charge on any atom is -0.294 e. The number of hydrogen-bond acceptors (Lipinski definition) is 1. The van der Waals surface area contributed by atoms with Gasteiger partial charge in [0.25, 0.3) is 0 Å². The molecule has 2 aromatic carbocycles. The fourth-order valence-electron chi connectivity index (χ4n) is 3.53. The van der Waals surface area contributed by atoms with Gasteiger partial charge in [-0.25, -0.2) is 0 Å². The first kappa shape index (κ1) is 14.8. The molecule has 0 bridgehead atoms. The van der Waals surface area contributed by atoms with Crippen molar-refractivity contribution in [3.8, 4) is 0 Å². The number of Topliss-reactive ketones (excluding diaryl/α,β-unsaturated/α-hetero) is 1. The van der Waals surface area contributed by atoms with Crippen molar-refractivity contribution in [2.24, 2.45) is 5.92 Å². The third-order valence-corrected chi connectivity index (χ3v) is 4.80. The number of carbonyl (C=O) groups is 1. The molecule has 22 heavy (non-hydrogen) atoms. The van der Waals surface area contributed by atoms with E-state index >= 15 is 0 Å². The Morgan fingerprint density at radius 1 is 1.09 bits per heavy atom. The van der Waals surface area contributed by atoms with Gasteiger partial charge in [-0.1, -0.05) is 61.9 Å². The van der Waals surface area contributed by atoms with E-state index in [2.05, 4.69) is 51.1 Å². The summed E-state index contributed by atoms with van der Waals surface area (Å²) in [5.74, 6) is 0.605. The molecular formula is C21H22O. The molecule has 0 amide bonds. The molecule has 2 aromatic rings. The Morgan fingerprint density at radius 2 is 1.82 bits per heavy atom. The summed E-state index contributed by atoms with van der Waals surface area (Å²) < 4.78 is 0. The summed E-state index contributed by atoms with van der Waals surface area (Å²) in [7, 11) is 0. The van der Waals surface area contributed by atoms with Crippen LogP contribution < -0.4 is 0 Å². The second kappa shape index (κ2) is 5.57. The molecule has 1 unspecified atom stereocenters. The number of fused-ring (bicyclic) bond motifs is 1. The molecule has 0 saturated heterocycles. The van der Waals surface area contributed by atoms with Crippen molar-refractivity contribution in [2.75, 3.05) is 0 Å². The van der Waals surface area contributed by atoms with E-state index in [1.165, 1.54) is 16.7 Å². The quantitative estimate of drug-likeness (QED) is 0.653. The number of rotatable bonds is 3. The molecule has 1 nitrogen and oxygen atoms in total. The second-order valence-electron chi connectivity index (χ2n) is 6.19. The van der Waals surface area contributed by atoms with E-state index in [9.17, 15) is 4.79 Å². The zero-order chi connectivity index (χ0) is 15.9. The maximum absolute atomic E-state index is 12.7. The molecule has 0 aliphatic heterocycles. The standard InChI is InChI=1S/C21H22O/c1-5-19(22)21-17-9-7-6-8-16(17)10-11-18(21)20-14(3)12-13(2)15(20)4/h6-12,15H,5H2,1-4H3. The molecule has 0 N–H and O–H groups in total.